The molecule has 5 heteroatoms. The van der Waals surface area contributed by atoms with E-state index in [-0.39, 0.29) is 22.0 Å². The van der Waals surface area contributed by atoms with Crippen LogP contribution in [0.4, 0.5) is 17.2 Å². The fraction of sp³-hybridized carbons (Fsp3) is 0.261. The number of phenolic OH excluding ortho intramolecular Hbond substituents is 1. The monoisotopic (exact) mass is 672 g/mol. The molecule has 7 aromatic rings. The van der Waals surface area contributed by atoms with Crippen molar-refractivity contribution < 1.29 is 5.11 Å². The summed E-state index contributed by atoms with van der Waals surface area (Å²) in [5.74, 6) is 1.06. The van der Waals surface area contributed by atoms with E-state index in [1.54, 1.807) is 6.07 Å². The number of nitrogens with zero attached hydrogens (tertiary/aromatic N) is 4. The smallest absolute Gasteiger partial charge is 0.146 e. The summed E-state index contributed by atoms with van der Waals surface area (Å²) < 4.78 is 2.13. The van der Waals surface area contributed by atoms with Gasteiger partial charge in [-0.15, -0.1) is 0 Å². The first kappa shape index (κ1) is 34.0. The molecule has 0 amide bonds. The second-order valence-corrected chi connectivity index (χ2v) is 16.7. The Morgan fingerprint density at radius 1 is 0.588 bits per heavy atom. The van der Waals surface area contributed by atoms with E-state index in [2.05, 4.69) is 145 Å². The predicted molar refractivity (Wildman–Crippen MR) is 214 cm³/mol. The summed E-state index contributed by atoms with van der Waals surface area (Å²) in [6.07, 6.45) is 1.84. The minimum Gasteiger partial charge on any atom is -0.506 e. The molecule has 0 fully saturated rings. The number of pyridine rings is 2. The van der Waals surface area contributed by atoms with Crippen molar-refractivity contribution in [1.82, 2.24) is 14.5 Å². The van der Waals surface area contributed by atoms with Crippen LogP contribution in [-0.2, 0) is 16.2 Å². The van der Waals surface area contributed by atoms with Gasteiger partial charge in [-0.2, -0.15) is 0 Å². The van der Waals surface area contributed by atoms with Gasteiger partial charge < -0.3 is 5.11 Å². The summed E-state index contributed by atoms with van der Waals surface area (Å²) in [6.45, 7) is 20.3. The zero-order valence-electron chi connectivity index (χ0n) is 31.3. The van der Waals surface area contributed by atoms with Gasteiger partial charge in [0.1, 0.15) is 17.2 Å². The van der Waals surface area contributed by atoms with E-state index in [9.17, 15) is 5.11 Å². The molecule has 1 N–H and O–H groups in total. The average Bonchev–Trinajstić information content (AvgIpc) is 3.40. The second kappa shape index (κ2) is 12.4. The van der Waals surface area contributed by atoms with Crippen molar-refractivity contribution in [2.75, 3.05) is 4.90 Å². The highest BCUT2D eigenvalue weighted by Crippen LogP contribution is 2.44. The Morgan fingerprint density at radius 2 is 1.27 bits per heavy atom. The van der Waals surface area contributed by atoms with Crippen LogP contribution < -0.4 is 4.90 Å². The van der Waals surface area contributed by atoms with Crippen molar-refractivity contribution in [2.24, 2.45) is 0 Å². The molecule has 7 rings (SSSR count). The second-order valence-electron chi connectivity index (χ2n) is 16.7. The van der Waals surface area contributed by atoms with E-state index in [0.29, 0.717) is 5.69 Å². The summed E-state index contributed by atoms with van der Waals surface area (Å²) in [6, 6.07) is 39.9. The summed E-state index contributed by atoms with van der Waals surface area (Å²) in [5, 5.41) is 13.4. The van der Waals surface area contributed by atoms with Gasteiger partial charge >= 0.3 is 0 Å². The zero-order chi connectivity index (χ0) is 36.3. The van der Waals surface area contributed by atoms with Crippen molar-refractivity contribution in [2.45, 2.75) is 78.6 Å². The number of aromatic nitrogens is 3. The van der Waals surface area contributed by atoms with Crippen LogP contribution in [0.1, 0.15) is 79.0 Å². The summed E-state index contributed by atoms with van der Waals surface area (Å²) in [7, 11) is 0. The van der Waals surface area contributed by atoms with Gasteiger partial charge in [0.25, 0.3) is 0 Å². The quantitative estimate of drug-likeness (QED) is 0.198. The normalized spacial score (nSPS) is 12.5. The molecule has 0 saturated carbocycles. The molecular formula is C46H48N4O. The number of fused-ring (bicyclic) bond motifs is 3. The molecule has 5 nitrogen and oxygen atoms in total. The molecular weight excluding hydrogens is 625 g/mol. The maximum Gasteiger partial charge on any atom is 0.146 e. The third kappa shape index (κ3) is 6.38. The largest absolute Gasteiger partial charge is 0.506 e. The van der Waals surface area contributed by atoms with Gasteiger partial charge in [0.15, 0.2) is 0 Å². The number of hydrogen-bond acceptors (Lipinski definition) is 4. The van der Waals surface area contributed by atoms with E-state index in [4.69, 9.17) is 9.97 Å². The molecule has 0 atom stereocenters. The lowest BCUT2D eigenvalue weighted by Gasteiger charge is -2.29. The first-order valence-corrected chi connectivity index (χ1v) is 17.8. The molecule has 51 heavy (non-hydrogen) atoms. The van der Waals surface area contributed by atoms with Crippen LogP contribution in [0, 0.1) is 0 Å². The van der Waals surface area contributed by atoms with E-state index in [1.165, 1.54) is 11.1 Å². The Morgan fingerprint density at radius 3 is 1.92 bits per heavy atom. The molecule has 0 aliphatic carbocycles. The summed E-state index contributed by atoms with van der Waals surface area (Å²) in [4.78, 5) is 12.7. The van der Waals surface area contributed by atoms with Gasteiger partial charge in [-0.3, -0.25) is 9.47 Å². The Labute approximate surface area is 302 Å². The lowest BCUT2D eigenvalue weighted by Crippen LogP contribution is -2.17. The van der Waals surface area contributed by atoms with Gasteiger partial charge in [-0.1, -0.05) is 105 Å². The molecule has 3 aromatic heterocycles. The van der Waals surface area contributed by atoms with Crippen molar-refractivity contribution in [3.8, 4) is 22.7 Å². The fourth-order valence-electron chi connectivity index (χ4n) is 6.88. The van der Waals surface area contributed by atoms with Crippen molar-refractivity contribution >= 4 is 39.1 Å². The number of phenols is 1. The Balaban J connectivity index is 1.59. The summed E-state index contributed by atoms with van der Waals surface area (Å²) >= 11 is 0. The van der Waals surface area contributed by atoms with Crippen LogP contribution in [0.3, 0.4) is 0 Å². The molecule has 258 valence electrons. The summed E-state index contributed by atoms with van der Waals surface area (Å²) in [5.41, 5.74) is 9.75. The molecule has 0 spiro atoms. The van der Waals surface area contributed by atoms with E-state index in [1.807, 2.05) is 42.6 Å². The van der Waals surface area contributed by atoms with Crippen LogP contribution in [0.25, 0.3) is 38.9 Å². The highest BCUT2D eigenvalue weighted by molar-refractivity contribution is 6.09. The Hall–Kier alpha value is -5.42. The van der Waals surface area contributed by atoms with E-state index in [0.717, 1.165) is 55.9 Å². The van der Waals surface area contributed by atoms with E-state index >= 15 is 0 Å². The molecule has 0 radical (unpaired) electrons. The minimum absolute atomic E-state index is 0.0280. The molecule has 0 unspecified atom stereocenters. The molecule has 0 aliphatic rings. The van der Waals surface area contributed by atoms with Gasteiger partial charge in [-0.05, 0) is 106 Å². The minimum atomic E-state index is -0.223. The third-order valence-electron chi connectivity index (χ3n) is 9.75. The molecule has 3 heterocycles. The average molecular weight is 673 g/mol. The van der Waals surface area contributed by atoms with Gasteiger partial charge in [-0.25, -0.2) is 9.97 Å². The van der Waals surface area contributed by atoms with Crippen molar-refractivity contribution in [3.05, 3.63) is 138 Å². The van der Waals surface area contributed by atoms with Gasteiger partial charge in [0.05, 0.1) is 16.9 Å². The lowest BCUT2D eigenvalue weighted by atomic mass is 9.81. The molecule has 4 aromatic carbocycles. The van der Waals surface area contributed by atoms with Crippen LogP contribution >= 0.6 is 0 Å². The molecule has 0 aliphatic heterocycles. The Kier molecular flexibility index (Phi) is 8.29. The number of anilines is 3. The maximum atomic E-state index is 11.2. The van der Waals surface area contributed by atoms with Gasteiger partial charge in [0.2, 0.25) is 0 Å². The van der Waals surface area contributed by atoms with Crippen LogP contribution in [0.15, 0.2) is 121 Å². The zero-order valence-corrected chi connectivity index (χ0v) is 31.3. The number of benzene rings is 4. The van der Waals surface area contributed by atoms with Crippen molar-refractivity contribution in [3.63, 3.8) is 0 Å². The molecule has 0 bridgehead atoms. The van der Waals surface area contributed by atoms with Crippen molar-refractivity contribution in [1.29, 1.82) is 0 Å². The topological polar surface area (TPSA) is 54.2 Å². The first-order chi connectivity index (χ1) is 24.1. The van der Waals surface area contributed by atoms with Crippen LogP contribution in [0.5, 0.6) is 5.75 Å². The number of hydrogen-bond donors (Lipinski definition) is 1. The maximum absolute atomic E-state index is 11.2. The predicted octanol–water partition coefficient (Wildman–Crippen LogP) is 12.3. The Bertz CT molecular complexity index is 2330. The molecule has 0 saturated heterocycles. The first-order valence-electron chi connectivity index (χ1n) is 17.8. The van der Waals surface area contributed by atoms with Crippen LogP contribution in [-0.4, -0.2) is 19.6 Å². The van der Waals surface area contributed by atoms with Crippen LogP contribution in [0.2, 0.25) is 0 Å². The third-order valence-corrected chi connectivity index (χ3v) is 9.75. The number of rotatable bonds is 5. The lowest BCUT2D eigenvalue weighted by molar-refractivity contribution is 0.473. The number of aromatic hydroxyl groups is 1. The SMILES string of the molecule is CC(C)(C)c1cc(-c2nc3c(cc2C(C)(C)C)c2cc(C(C)(C)C)ccc2n3-c2ccccc2O)cc(N(c2ccccc2)c2ccccn2)c1. The number of para-hydroxylation sites is 3. The highest BCUT2D eigenvalue weighted by atomic mass is 16.3. The standard InChI is InChI=1S/C46H48N4O/c1-44(2,3)31-22-23-38-35(28-31)36-29-37(46(7,8)9)42(48-43(36)50(38)39-19-13-14-20-40(39)51)30-25-32(45(4,5)6)27-34(26-30)49(33-17-11-10-12-18-33)41-21-15-16-24-47-41/h10-29,51H,1-9H3. The van der Waals surface area contributed by atoms with E-state index < -0.39 is 0 Å². The van der Waals surface area contributed by atoms with Gasteiger partial charge in [0, 0.05) is 33.9 Å². The fourth-order valence-corrected chi connectivity index (χ4v) is 6.88. The highest BCUT2D eigenvalue weighted by Gasteiger charge is 2.28.